The standard InChI is InChI=1S/C12H7ClO6/c13-5-1-2-6-8(3-5)19-11(12(17)18)7(10(6)16)4-9(14)15/h1-3H,4H2,(H,14,15)(H,17,18). The Bertz CT molecular complexity index is 746. The Labute approximate surface area is 110 Å². The highest BCUT2D eigenvalue weighted by atomic mass is 35.5. The molecule has 1 heterocycles. The Balaban J connectivity index is 2.85. The summed E-state index contributed by atoms with van der Waals surface area (Å²) < 4.78 is 5.07. The van der Waals surface area contributed by atoms with Gasteiger partial charge in [0.15, 0.2) is 5.43 Å². The maximum atomic E-state index is 12.1. The fourth-order valence-corrected chi connectivity index (χ4v) is 1.85. The summed E-state index contributed by atoms with van der Waals surface area (Å²) in [6, 6.07) is 4.10. The third-order valence-corrected chi connectivity index (χ3v) is 2.71. The number of aliphatic carboxylic acids is 1. The van der Waals surface area contributed by atoms with Crippen LogP contribution in [-0.4, -0.2) is 22.2 Å². The summed E-state index contributed by atoms with van der Waals surface area (Å²) in [5.74, 6) is -3.50. The molecule has 0 aliphatic carbocycles. The highest BCUT2D eigenvalue weighted by Crippen LogP contribution is 2.20. The van der Waals surface area contributed by atoms with Crippen molar-refractivity contribution in [3.8, 4) is 0 Å². The number of hydrogen-bond donors (Lipinski definition) is 2. The first-order valence-electron chi connectivity index (χ1n) is 5.10. The molecule has 0 atom stereocenters. The van der Waals surface area contributed by atoms with E-state index in [9.17, 15) is 14.4 Å². The van der Waals surface area contributed by atoms with Crippen molar-refractivity contribution < 1.29 is 24.2 Å². The number of fused-ring (bicyclic) bond motifs is 1. The van der Waals surface area contributed by atoms with E-state index in [1.165, 1.54) is 18.2 Å². The van der Waals surface area contributed by atoms with Crippen LogP contribution >= 0.6 is 11.6 Å². The van der Waals surface area contributed by atoms with Crippen LogP contribution in [0.4, 0.5) is 0 Å². The average Bonchev–Trinajstić information content (AvgIpc) is 2.31. The van der Waals surface area contributed by atoms with Gasteiger partial charge in [0.1, 0.15) is 5.58 Å². The minimum Gasteiger partial charge on any atom is -0.481 e. The summed E-state index contributed by atoms with van der Waals surface area (Å²) in [6.45, 7) is 0. The van der Waals surface area contributed by atoms with Gasteiger partial charge in [-0.3, -0.25) is 9.59 Å². The van der Waals surface area contributed by atoms with Crippen molar-refractivity contribution >= 4 is 34.5 Å². The van der Waals surface area contributed by atoms with Gasteiger partial charge in [0, 0.05) is 11.1 Å². The van der Waals surface area contributed by atoms with Gasteiger partial charge in [-0.1, -0.05) is 11.6 Å². The molecule has 0 aliphatic heterocycles. The average molecular weight is 283 g/mol. The number of halogens is 1. The van der Waals surface area contributed by atoms with Crippen molar-refractivity contribution in [1.29, 1.82) is 0 Å². The fourth-order valence-electron chi connectivity index (χ4n) is 1.69. The lowest BCUT2D eigenvalue weighted by Gasteiger charge is -2.05. The molecule has 0 amide bonds. The minimum absolute atomic E-state index is 0.00374. The van der Waals surface area contributed by atoms with Gasteiger partial charge in [0.25, 0.3) is 0 Å². The van der Waals surface area contributed by atoms with Gasteiger partial charge in [-0.2, -0.15) is 0 Å². The van der Waals surface area contributed by atoms with Crippen LogP contribution in [0.5, 0.6) is 0 Å². The number of hydrogen-bond acceptors (Lipinski definition) is 4. The van der Waals surface area contributed by atoms with E-state index in [4.69, 9.17) is 26.2 Å². The second-order valence-corrected chi connectivity index (χ2v) is 4.19. The van der Waals surface area contributed by atoms with E-state index in [1.807, 2.05) is 0 Å². The molecule has 0 aliphatic rings. The van der Waals surface area contributed by atoms with Gasteiger partial charge in [-0.05, 0) is 12.1 Å². The molecule has 2 N–H and O–H groups in total. The topological polar surface area (TPSA) is 105 Å². The van der Waals surface area contributed by atoms with Crippen molar-refractivity contribution in [3.05, 3.63) is 44.8 Å². The molecule has 19 heavy (non-hydrogen) atoms. The highest BCUT2D eigenvalue weighted by molar-refractivity contribution is 6.31. The van der Waals surface area contributed by atoms with Crippen molar-refractivity contribution in [2.75, 3.05) is 0 Å². The summed E-state index contributed by atoms with van der Waals surface area (Å²) in [6.07, 6.45) is -0.720. The molecule has 0 saturated carbocycles. The molecule has 0 bridgehead atoms. The molecule has 2 aromatic rings. The van der Waals surface area contributed by atoms with Crippen LogP contribution in [0.25, 0.3) is 11.0 Å². The number of aromatic carboxylic acids is 1. The maximum absolute atomic E-state index is 12.1. The molecule has 0 fully saturated rings. The summed E-state index contributed by atoms with van der Waals surface area (Å²) in [4.78, 5) is 33.8. The van der Waals surface area contributed by atoms with E-state index in [2.05, 4.69) is 0 Å². The van der Waals surface area contributed by atoms with Gasteiger partial charge in [-0.15, -0.1) is 0 Å². The zero-order chi connectivity index (χ0) is 14.2. The third kappa shape index (κ3) is 2.43. The molecule has 6 nitrogen and oxygen atoms in total. The van der Waals surface area contributed by atoms with E-state index >= 15 is 0 Å². The molecule has 98 valence electrons. The first-order valence-corrected chi connectivity index (χ1v) is 5.48. The Morgan fingerprint density at radius 3 is 2.53 bits per heavy atom. The first-order chi connectivity index (χ1) is 8.90. The van der Waals surface area contributed by atoms with Crippen molar-refractivity contribution in [1.82, 2.24) is 0 Å². The van der Waals surface area contributed by atoms with Crippen LogP contribution in [0, 0.1) is 0 Å². The van der Waals surface area contributed by atoms with Crippen LogP contribution in [-0.2, 0) is 11.2 Å². The second kappa shape index (κ2) is 4.74. The van der Waals surface area contributed by atoms with Crippen molar-refractivity contribution in [2.45, 2.75) is 6.42 Å². The molecular weight excluding hydrogens is 276 g/mol. The van der Waals surface area contributed by atoms with E-state index in [-0.39, 0.29) is 16.0 Å². The van der Waals surface area contributed by atoms with E-state index in [0.29, 0.717) is 0 Å². The predicted molar refractivity (Wildman–Crippen MR) is 65.8 cm³/mol. The van der Waals surface area contributed by atoms with E-state index in [1.54, 1.807) is 0 Å². The predicted octanol–water partition coefficient (Wildman–Crippen LogP) is 1.77. The summed E-state index contributed by atoms with van der Waals surface area (Å²) in [7, 11) is 0. The summed E-state index contributed by atoms with van der Waals surface area (Å²) in [5, 5.41) is 18.1. The number of rotatable bonds is 3. The van der Waals surface area contributed by atoms with Crippen molar-refractivity contribution in [2.24, 2.45) is 0 Å². The molecule has 0 radical (unpaired) electrons. The normalized spacial score (nSPS) is 10.6. The molecule has 0 unspecified atom stereocenters. The minimum atomic E-state index is -1.50. The largest absolute Gasteiger partial charge is 0.481 e. The number of carboxylic acid groups (broad SMARTS) is 2. The SMILES string of the molecule is O=C(O)Cc1c(C(=O)O)oc2cc(Cl)ccc2c1=O. The van der Waals surface area contributed by atoms with Crippen molar-refractivity contribution in [3.63, 3.8) is 0 Å². The molecule has 0 saturated heterocycles. The maximum Gasteiger partial charge on any atom is 0.372 e. The van der Waals surface area contributed by atoms with Crippen LogP contribution in [0.15, 0.2) is 27.4 Å². The number of carboxylic acids is 2. The van der Waals surface area contributed by atoms with E-state index < -0.39 is 35.1 Å². The van der Waals surface area contributed by atoms with Crippen LogP contribution < -0.4 is 5.43 Å². The zero-order valence-corrected chi connectivity index (χ0v) is 10.1. The second-order valence-electron chi connectivity index (χ2n) is 3.76. The number of benzene rings is 1. The van der Waals surface area contributed by atoms with Gasteiger partial charge in [-0.25, -0.2) is 4.79 Å². The van der Waals surface area contributed by atoms with Gasteiger partial charge >= 0.3 is 11.9 Å². The quantitative estimate of drug-likeness (QED) is 0.889. The first kappa shape index (κ1) is 13.1. The molecule has 7 heteroatoms. The fraction of sp³-hybridized carbons (Fsp3) is 0.0833. The van der Waals surface area contributed by atoms with E-state index in [0.717, 1.165) is 0 Å². The smallest absolute Gasteiger partial charge is 0.372 e. The lowest BCUT2D eigenvalue weighted by molar-refractivity contribution is -0.136. The number of carbonyl (C=O) groups is 2. The Hall–Kier alpha value is -2.34. The van der Waals surface area contributed by atoms with Gasteiger partial charge < -0.3 is 14.6 Å². The van der Waals surface area contributed by atoms with Gasteiger partial charge in [0.2, 0.25) is 5.76 Å². The summed E-state index contributed by atoms with van der Waals surface area (Å²) in [5.41, 5.74) is -1.07. The Kier molecular flexibility index (Phi) is 3.26. The molecular formula is C12H7ClO6. The lowest BCUT2D eigenvalue weighted by Crippen LogP contribution is -2.19. The van der Waals surface area contributed by atoms with Crippen LogP contribution in [0.3, 0.4) is 0 Å². The molecule has 1 aromatic carbocycles. The highest BCUT2D eigenvalue weighted by Gasteiger charge is 2.21. The van der Waals surface area contributed by atoms with Crippen LogP contribution in [0.2, 0.25) is 5.02 Å². The molecule has 2 rings (SSSR count). The summed E-state index contributed by atoms with van der Waals surface area (Å²) >= 11 is 5.72. The molecule has 0 spiro atoms. The Morgan fingerprint density at radius 2 is 1.95 bits per heavy atom. The zero-order valence-electron chi connectivity index (χ0n) is 9.34. The lowest BCUT2D eigenvalue weighted by atomic mass is 10.1. The third-order valence-electron chi connectivity index (χ3n) is 2.47. The van der Waals surface area contributed by atoms with Crippen LogP contribution in [0.1, 0.15) is 16.1 Å². The Morgan fingerprint density at radius 1 is 1.26 bits per heavy atom. The monoisotopic (exact) mass is 282 g/mol. The molecule has 1 aromatic heterocycles. The van der Waals surface area contributed by atoms with Gasteiger partial charge in [0.05, 0.1) is 17.4 Å².